The van der Waals surface area contributed by atoms with Gasteiger partial charge in [-0.05, 0) is 62.9 Å². The van der Waals surface area contributed by atoms with E-state index in [0.717, 1.165) is 35.5 Å². The summed E-state index contributed by atoms with van der Waals surface area (Å²) in [5, 5.41) is 3.44. The van der Waals surface area contributed by atoms with Gasteiger partial charge in [0, 0.05) is 10.4 Å². The predicted octanol–water partition coefficient (Wildman–Crippen LogP) is 4.06. The monoisotopic (exact) mass is 359 g/mol. The van der Waals surface area contributed by atoms with E-state index in [9.17, 15) is 9.59 Å². The highest BCUT2D eigenvalue weighted by molar-refractivity contribution is 7.17. The van der Waals surface area contributed by atoms with Crippen LogP contribution in [0.2, 0.25) is 0 Å². The molecule has 1 aliphatic carbocycles. The Kier molecular flexibility index (Phi) is 5.08. The van der Waals surface area contributed by atoms with Crippen molar-refractivity contribution < 1.29 is 19.1 Å². The molecule has 3 rings (SSSR count). The molecule has 1 aromatic carbocycles. The largest absolute Gasteiger partial charge is 0.491 e. The number of fused-ring (bicyclic) bond motifs is 1. The van der Waals surface area contributed by atoms with Crippen LogP contribution in [-0.4, -0.2) is 25.1 Å². The van der Waals surface area contributed by atoms with Crippen LogP contribution in [0.4, 0.5) is 5.00 Å². The molecule has 0 atom stereocenters. The SMILES string of the molecule is COC(=O)c1c(NC(=O)c2ccc(OC(C)C)cc2)sc2c1CCC2. The van der Waals surface area contributed by atoms with Gasteiger partial charge in [-0.15, -0.1) is 11.3 Å². The number of aryl methyl sites for hydroxylation is 1. The van der Waals surface area contributed by atoms with E-state index >= 15 is 0 Å². The van der Waals surface area contributed by atoms with Crippen LogP contribution in [0.25, 0.3) is 0 Å². The second-order valence-corrected chi connectivity index (χ2v) is 7.30. The lowest BCUT2D eigenvalue weighted by Crippen LogP contribution is -2.14. The lowest BCUT2D eigenvalue weighted by Gasteiger charge is -2.10. The van der Waals surface area contributed by atoms with Gasteiger partial charge < -0.3 is 14.8 Å². The number of hydrogen-bond donors (Lipinski definition) is 1. The number of hydrogen-bond acceptors (Lipinski definition) is 5. The molecule has 0 spiro atoms. The molecule has 132 valence electrons. The number of carbonyl (C=O) groups excluding carboxylic acids is 2. The molecule has 1 aromatic heterocycles. The summed E-state index contributed by atoms with van der Waals surface area (Å²) in [5.74, 6) is 0.0773. The van der Waals surface area contributed by atoms with Crippen molar-refractivity contribution in [1.29, 1.82) is 0 Å². The molecule has 1 aliphatic rings. The zero-order valence-corrected chi connectivity index (χ0v) is 15.4. The molecule has 5 nitrogen and oxygen atoms in total. The van der Waals surface area contributed by atoms with E-state index in [-0.39, 0.29) is 12.0 Å². The minimum atomic E-state index is -0.393. The van der Waals surface area contributed by atoms with Gasteiger partial charge in [0.05, 0.1) is 18.8 Å². The number of carbonyl (C=O) groups is 2. The van der Waals surface area contributed by atoms with Gasteiger partial charge in [-0.3, -0.25) is 4.79 Å². The summed E-state index contributed by atoms with van der Waals surface area (Å²) in [6.45, 7) is 3.90. The number of rotatable bonds is 5. The molecular weight excluding hydrogens is 338 g/mol. The first-order valence-electron chi connectivity index (χ1n) is 8.30. The Morgan fingerprint density at radius 1 is 1.16 bits per heavy atom. The molecule has 0 bridgehead atoms. The summed E-state index contributed by atoms with van der Waals surface area (Å²) >= 11 is 1.47. The highest BCUT2D eigenvalue weighted by Crippen LogP contribution is 2.39. The third kappa shape index (κ3) is 3.69. The minimum Gasteiger partial charge on any atom is -0.491 e. The van der Waals surface area contributed by atoms with Crippen LogP contribution >= 0.6 is 11.3 Å². The fourth-order valence-corrected chi connectivity index (χ4v) is 4.22. The third-order valence-electron chi connectivity index (χ3n) is 4.03. The molecule has 0 unspecified atom stereocenters. The van der Waals surface area contributed by atoms with Gasteiger partial charge in [-0.1, -0.05) is 0 Å². The van der Waals surface area contributed by atoms with Crippen LogP contribution in [-0.2, 0) is 17.6 Å². The van der Waals surface area contributed by atoms with E-state index < -0.39 is 5.97 Å². The van der Waals surface area contributed by atoms with E-state index in [1.807, 2.05) is 13.8 Å². The molecule has 0 saturated carbocycles. The Balaban J connectivity index is 1.80. The lowest BCUT2D eigenvalue weighted by molar-refractivity contribution is 0.0601. The van der Waals surface area contributed by atoms with Gasteiger partial charge in [-0.2, -0.15) is 0 Å². The number of nitrogens with one attached hydrogen (secondary N) is 1. The van der Waals surface area contributed by atoms with E-state index in [0.29, 0.717) is 16.1 Å². The standard InChI is InChI=1S/C19H21NO4S/c1-11(2)24-13-9-7-12(8-10-13)17(21)20-18-16(19(22)23-3)14-5-4-6-15(14)25-18/h7-11H,4-6H2,1-3H3,(H,20,21). The highest BCUT2D eigenvalue weighted by atomic mass is 32.1. The number of esters is 1. The van der Waals surface area contributed by atoms with E-state index in [1.54, 1.807) is 24.3 Å². The number of ether oxygens (including phenoxy) is 2. The molecule has 2 aromatic rings. The molecular formula is C19H21NO4S. The Hall–Kier alpha value is -2.34. The van der Waals surface area contributed by atoms with E-state index in [2.05, 4.69) is 5.32 Å². The topological polar surface area (TPSA) is 64.6 Å². The zero-order chi connectivity index (χ0) is 18.0. The molecule has 1 amide bonds. The summed E-state index contributed by atoms with van der Waals surface area (Å²) in [4.78, 5) is 25.8. The van der Waals surface area contributed by atoms with Crippen molar-refractivity contribution in [2.75, 3.05) is 12.4 Å². The van der Waals surface area contributed by atoms with Crippen LogP contribution in [0, 0.1) is 0 Å². The van der Waals surface area contributed by atoms with Crippen molar-refractivity contribution in [3.8, 4) is 5.75 Å². The Bertz CT molecular complexity index is 793. The van der Waals surface area contributed by atoms with Crippen molar-refractivity contribution in [2.24, 2.45) is 0 Å². The summed E-state index contributed by atoms with van der Waals surface area (Å²) in [6, 6.07) is 6.97. The minimum absolute atomic E-state index is 0.0794. The number of amides is 1. The first-order valence-corrected chi connectivity index (χ1v) is 9.12. The van der Waals surface area contributed by atoms with E-state index in [1.165, 1.54) is 18.4 Å². The zero-order valence-electron chi connectivity index (χ0n) is 14.5. The van der Waals surface area contributed by atoms with Crippen LogP contribution in [0.5, 0.6) is 5.75 Å². The Morgan fingerprint density at radius 3 is 2.52 bits per heavy atom. The molecule has 1 heterocycles. The maximum absolute atomic E-state index is 12.5. The van der Waals surface area contributed by atoms with Crippen LogP contribution in [0.1, 0.15) is 51.4 Å². The second-order valence-electron chi connectivity index (χ2n) is 6.20. The maximum atomic E-state index is 12.5. The van der Waals surface area contributed by atoms with Gasteiger partial charge in [0.15, 0.2) is 0 Å². The molecule has 0 fully saturated rings. The van der Waals surface area contributed by atoms with E-state index in [4.69, 9.17) is 9.47 Å². The maximum Gasteiger partial charge on any atom is 0.341 e. The van der Waals surface area contributed by atoms with Crippen molar-refractivity contribution in [3.63, 3.8) is 0 Å². The molecule has 0 radical (unpaired) electrons. The molecule has 0 aliphatic heterocycles. The fraction of sp³-hybridized carbons (Fsp3) is 0.368. The van der Waals surface area contributed by atoms with Crippen LogP contribution in [0.15, 0.2) is 24.3 Å². The normalized spacial score (nSPS) is 12.8. The number of methoxy groups -OCH3 is 1. The molecule has 1 N–H and O–H groups in total. The quantitative estimate of drug-likeness (QED) is 0.818. The van der Waals surface area contributed by atoms with Crippen molar-refractivity contribution in [2.45, 2.75) is 39.2 Å². The van der Waals surface area contributed by atoms with Crippen molar-refractivity contribution >= 4 is 28.2 Å². The third-order valence-corrected chi connectivity index (χ3v) is 5.23. The number of anilines is 1. The molecule has 25 heavy (non-hydrogen) atoms. The number of thiophene rings is 1. The average Bonchev–Trinajstić information content (AvgIpc) is 3.14. The molecule has 0 saturated heterocycles. The highest BCUT2D eigenvalue weighted by Gasteiger charge is 2.28. The van der Waals surface area contributed by atoms with Crippen molar-refractivity contribution in [3.05, 3.63) is 45.8 Å². The smallest absolute Gasteiger partial charge is 0.341 e. The van der Waals surface area contributed by atoms with Gasteiger partial charge in [-0.25, -0.2) is 4.79 Å². The first kappa shape index (κ1) is 17.5. The Labute approximate surface area is 151 Å². The summed E-state index contributed by atoms with van der Waals surface area (Å²) in [5.41, 5.74) is 2.04. The lowest BCUT2D eigenvalue weighted by atomic mass is 10.1. The van der Waals surface area contributed by atoms with Gasteiger partial charge in [0.25, 0.3) is 5.91 Å². The average molecular weight is 359 g/mol. The molecule has 6 heteroatoms. The van der Waals surface area contributed by atoms with Crippen LogP contribution < -0.4 is 10.1 Å². The van der Waals surface area contributed by atoms with Gasteiger partial charge >= 0.3 is 5.97 Å². The number of benzene rings is 1. The predicted molar refractivity (Wildman–Crippen MR) is 97.8 cm³/mol. The first-order chi connectivity index (χ1) is 12.0. The fourth-order valence-electron chi connectivity index (χ4n) is 2.94. The summed E-state index contributed by atoms with van der Waals surface area (Å²) in [6.07, 6.45) is 2.92. The summed E-state index contributed by atoms with van der Waals surface area (Å²) < 4.78 is 10.5. The van der Waals surface area contributed by atoms with Gasteiger partial charge in [0.2, 0.25) is 0 Å². The van der Waals surface area contributed by atoms with Crippen LogP contribution in [0.3, 0.4) is 0 Å². The summed E-state index contributed by atoms with van der Waals surface area (Å²) in [7, 11) is 1.36. The Morgan fingerprint density at radius 2 is 1.88 bits per heavy atom. The second kappa shape index (κ2) is 7.27. The van der Waals surface area contributed by atoms with Gasteiger partial charge in [0.1, 0.15) is 10.8 Å². The van der Waals surface area contributed by atoms with Crippen molar-refractivity contribution in [1.82, 2.24) is 0 Å².